The molecule has 0 aliphatic heterocycles. The van der Waals surface area contributed by atoms with Gasteiger partial charge in [-0.2, -0.15) is 0 Å². The van der Waals surface area contributed by atoms with E-state index >= 15 is 0 Å². The van der Waals surface area contributed by atoms with Gasteiger partial charge in [0.2, 0.25) is 0 Å². The monoisotopic (exact) mass is 172 g/mol. The minimum absolute atomic E-state index is 0.434. The fourth-order valence-corrected chi connectivity index (χ4v) is 0.757. The van der Waals surface area contributed by atoms with Crippen molar-refractivity contribution in [2.45, 2.75) is 26.7 Å². The lowest BCUT2D eigenvalue weighted by Gasteiger charge is -2.04. The minimum atomic E-state index is -0.434. The van der Waals surface area contributed by atoms with Crippen molar-refractivity contribution >= 4 is 0 Å². The number of rotatable bonds is 6. The first kappa shape index (κ1) is 11.2. The Morgan fingerprint density at radius 2 is 2.17 bits per heavy atom. The molecule has 0 spiro atoms. The van der Waals surface area contributed by atoms with E-state index in [1.54, 1.807) is 6.08 Å². The van der Waals surface area contributed by atoms with Gasteiger partial charge in [0.25, 0.3) is 0 Å². The highest BCUT2D eigenvalue weighted by Crippen LogP contribution is 2.02. The van der Waals surface area contributed by atoms with Crippen LogP contribution in [-0.2, 0) is 4.74 Å². The number of alkyl halides is 1. The minimum Gasteiger partial charge on any atom is -0.494 e. The molecular formula is C10H17FO. The number of hydrogen-bond donors (Lipinski definition) is 0. The van der Waals surface area contributed by atoms with Crippen LogP contribution in [0.1, 0.15) is 26.7 Å². The number of allylic oxidation sites excluding steroid dienone is 3. The van der Waals surface area contributed by atoms with Gasteiger partial charge < -0.3 is 4.74 Å². The summed E-state index contributed by atoms with van der Waals surface area (Å²) in [6, 6.07) is 0. The molecule has 0 N–H and O–H groups in total. The lowest BCUT2D eigenvalue weighted by molar-refractivity contribution is 0.223. The third-order valence-electron chi connectivity index (χ3n) is 1.25. The summed E-state index contributed by atoms with van der Waals surface area (Å²) in [5.74, 6) is 0.775. The van der Waals surface area contributed by atoms with Crippen molar-refractivity contribution in [1.82, 2.24) is 0 Å². The molecule has 0 aromatic carbocycles. The molecule has 1 nitrogen and oxygen atoms in total. The first-order valence-electron chi connectivity index (χ1n) is 4.40. The lowest BCUT2D eigenvalue weighted by Crippen LogP contribution is -1.91. The van der Waals surface area contributed by atoms with Gasteiger partial charge in [-0.15, -0.1) is 0 Å². The van der Waals surface area contributed by atoms with Crippen LogP contribution in [0, 0.1) is 0 Å². The van der Waals surface area contributed by atoms with Crippen molar-refractivity contribution in [2.24, 2.45) is 0 Å². The number of hydrogen-bond acceptors (Lipinski definition) is 1. The first-order valence-corrected chi connectivity index (χ1v) is 4.40. The second-order valence-corrected chi connectivity index (χ2v) is 2.42. The van der Waals surface area contributed by atoms with Gasteiger partial charge in [-0.1, -0.05) is 19.9 Å². The van der Waals surface area contributed by atoms with E-state index < -0.39 is 6.67 Å². The SMILES string of the molecule is CC/C=C(\C=C/CF)OCCC. The topological polar surface area (TPSA) is 9.23 Å². The Hall–Kier alpha value is -0.790. The molecule has 0 rings (SSSR count). The van der Waals surface area contributed by atoms with E-state index in [1.807, 2.05) is 19.9 Å². The average molecular weight is 172 g/mol. The molecule has 0 saturated heterocycles. The molecular weight excluding hydrogens is 155 g/mol. The largest absolute Gasteiger partial charge is 0.494 e. The maximum absolute atomic E-state index is 11.7. The Bertz CT molecular complexity index is 150. The third kappa shape index (κ3) is 5.96. The summed E-state index contributed by atoms with van der Waals surface area (Å²) in [7, 11) is 0. The number of halogens is 1. The molecule has 0 amide bonds. The highest BCUT2D eigenvalue weighted by Gasteiger charge is 1.89. The highest BCUT2D eigenvalue weighted by molar-refractivity contribution is 5.11. The van der Waals surface area contributed by atoms with E-state index in [1.165, 1.54) is 6.08 Å². The van der Waals surface area contributed by atoms with Gasteiger partial charge in [-0.05, 0) is 25.0 Å². The van der Waals surface area contributed by atoms with Gasteiger partial charge in [-0.3, -0.25) is 0 Å². The van der Waals surface area contributed by atoms with Crippen LogP contribution in [0.4, 0.5) is 4.39 Å². The molecule has 0 fully saturated rings. The fourth-order valence-electron chi connectivity index (χ4n) is 0.757. The fraction of sp³-hybridized carbons (Fsp3) is 0.600. The lowest BCUT2D eigenvalue weighted by atomic mass is 10.3. The molecule has 2 heteroatoms. The van der Waals surface area contributed by atoms with Crippen molar-refractivity contribution in [3.05, 3.63) is 24.0 Å². The van der Waals surface area contributed by atoms with E-state index in [-0.39, 0.29) is 0 Å². The molecule has 0 heterocycles. The van der Waals surface area contributed by atoms with Crippen molar-refractivity contribution in [2.75, 3.05) is 13.3 Å². The Morgan fingerprint density at radius 3 is 2.67 bits per heavy atom. The zero-order chi connectivity index (χ0) is 9.23. The smallest absolute Gasteiger partial charge is 0.115 e. The zero-order valence-electron chi connectivity index (χ0n) is 7.85. The second-order valence-electron chi connectivity index (χ2n) is 2.42. The Labute approximate surface area is 73.9 Å². The average Bonchev–Trinajstić information content (AvgIpc) is 2.10. The molecule has 70 valence electrons. The van der Waals surface area contributed by atoms with Crippen LogP contribution < -0.4 is 0 Å². The molecule has 0 aliphatic carbocycles. The van der Waals surface area contributed by atoms with Crippen LogP contribution in [0.2, 0.25) is 0 Å². The van der Waals surface area contributed by atoms with Gasteiger partial charge in [0.1, 0.15) is 12.4 Å². The van der Waals surface area contributed by atoms with Crippen LogP contribution in [-0.4, -0.2) is 13.3 Å². The van der Waals surface area contributed by atoms with Crippen molar-refractivity contribution < 1.29 is 9.13 Å². The summed E-state index contributed by atoms with van der Waals surface area (Å²) in [5, 5.41) is 0. The Balaban J connectivity index is 3.86. The molecule has 0 saturated carbocycles. The van der Waals surface area contributed by atoms with E-state index in [2.05, 4.69) is 0 Å². The summed E-state index contributed by atoms with van der Waals surface area (Å²) in [5.41, 5.74) is 0. The quantitative estimate of drug-likeness (QED) is 0.441. The zero-order valence-corrected chi connectivity index (χ0v) is 7.85. The molecule has 0 atom stereocenters. The van der Waals surface area contributed by atoms with Gasteiger partial charge in [-0.25, -0.2) is 4.39 Å². The predicted molar refractivity (Wildman–Crippen MR) is 49.7 cm³/mol. The predicted octanol–water partition coefficient (Wildman–Crippen LogP) is 3.23. The summed E-state index contributed by atoms with van der Waals surface area (Å²) in [4.78, 5) is 0. The van der Waals surface area contributed by atoms with Crippen LogP contribution in [0.25, 0.3) is 0 Å². The Morgan fingerprint density at radius 1 is 1.42 bits per heavy atom. The maximum atomic E-state index is 11.7. The molecule has 0 aromatic rings. The summed E-state index contributed by atoms with van der Waals surface area (Å²) >= 11 is 0. The van der Waals surface area contributed by atoms with Crippen molar-refractivity contribution in [3.63, 3.8) is 0 Å². The molecule has 0 aromatic heterocycles. The maximum Gasteiger partial charge on any atom is 0.115 e. The van der Waals surface area contributed by atoms with Crippen molar-refractivity contribution in [3.8, 4) is 0 Å². The van der Waals surface area contributed by atoms with Crippen LogP contribution in [0.15, 0.2) is 24.0 Å². The van der Waals surface area contributed by atoms with E-state index in [9.17, 15) is 4.39 Å². The molecule has 0 radical (unpaired) electrons. The van der Waals surface area contributed by atoms with E-state index in [4.69, 9.17) is 4.74 Å². The van der Waals surface area contributed by atoms with Crippen molar-refractivity contribution in [1.29, 1.82) is 0 Å². The molecule has 0 unspecified atom stereocenters. The standard InChI is InChI=1S/C10H17FO/c1-3-6-10(7-5-8-11)12-9-4-2/h5-7H,3-4,8-9H2,1-2H3/b7-5-,10-6+. The molecule has 12 heavy (non-hydrogen) atoms. The first-order chi connectivity index (χ1) is 5.85. The van der Waals surface area contributed by atoms with Crippen LogP contribution >= 0.6 is 0 Å². The normalized spacial score (nSPS) is 12.4. The van der Waals surface area contributed by atoms with Gasteiger partial charge in [0.05, 0.1) is 6.61 Å². The van der Waals surface area contributed by atoms with E-state index in [0.29, 0.717) is 6.61 Å². The van der Waals surface area contributed by atoms with Gasteiger partial charge >= 0.3 is 0 Å². The summed E-state index contributed by atoms with van der Waals surface area (Å²) < 4.78 is 17.1. The van der Waals surface area contributed by atoms with E-state index in [0.717, 1.165) is 18.6 Å². The van der Waals surface area contributed by atoms with Gasteiger partial charge in [0, 0.05) is 0 Å². The second kappa shape index (κ2) is 8.31. The summed E-state index contributed by atoms with van der Waals surface area (Å²) in [6.45, 7) is 4.33. The van der Waals surface area contributed by atoms with Crippen LogP contribution in [0.5, 0.6) is 0 Å². The number of ether oxygens (including phenoxy) is 1. The Kier molecular flexibility index (Phi) is 7.76. The third-order valence-corrected chi connectivity index (χ3v) is 1.25. The van der Waals surface area contributed by atoms with Gasteiger partial charge in [0.15, 0.2) is 0 Å². The highest BCUT2D eigenvalue weighted by atomic mass is 19.1. The molecule has 0 bridgehead atoms. The van der Waals surface area contributed by atoms with Crippen LogP contribution in [0.3, 0.4) is 0 Å². The summed E-state index contributed by atoms with van der Waals surface area (Å²) in [6.07, 6.45) is 6.97. The molecule has 0 aliphatic rings.